The lowest BCUT2D eigenvalue weighted by Gasteiger charge is -2.40. The molecule has 0 radical (unpaired) electrons. The van der Waals surface area contributed by atoms with Crippen molar-refractivity contribution < 1.29 is 27.9 Å². The van der Waals surface area contributed by atoms with Crippen molar-refractivity contribution in [2.24, 2.45) is 11.3 Å². The summed E-state index contributed by atoms with van der Waals surface area (Å²) in [5, 5.41) is 7.85. The molecule has 214 valence electrons. The first-order valence-electron chi connectivity index (χ1n) is 13.1. The minimum absolute atomic E-state index is 0.104. The monoisotopic (exact) mass is 564 g/mol. The van der Waals surface area contributed by atoms with E-state index in [0.29, 0.717) is 49.1 Å². The zero-order chi connectivity index (χ0) is 29.1. The molecule has 2 aliphatic rings. The Morgan fingerprint density at radius 2 is 1.63 bits per heavy atom. The fourth-order valence-corrected chi connectivity index (χ4v) is 4.60. The lowest BCUT2D eigenvalue weighted by atomic mass is 10.0. The number of benzene rings is 2. The minimum atomic E-state index is -1.32. The van der Waals surface area contributed by atoms with Gasteiger partial charge in [0.05, 0.1) is 5.69 Å². The molecule has 12 heteroatoms. The summed E-state index contributed by atoms with van der Waals surface area (Å²) in [4.78, 5) is 46.1. The van der Waals surface area contributed by atoms with Crippen LogP contribution in [0.1, 0.15) is 12.8 Å². The molecule has 0 bridgehead atoms. The van der Waals surface area contributed by atoms with Crippen LogP contribution in [0.15, 0.2) is 60.8 Å². The molecule has 41 heavy (non-hydrogen) atoms. The molecule has 4 amide bonds. The van der Waals surface area contributed by atoms with E-state index in [1.807, 2.05) is 14.1 Å². The molecular weight excluding hydrogens is 534 g/mol. The Kier molecular flexibility index (Phi) is 7.84. The zero-order valence-electron chi connectivity index (χ0n) is 22.6. The summed E-state index contributed by atoms with van der Waals surface area (Å²) in [6, 6.07) is 12.0. The Hall–Kier alpha value is -4.58. The van der Waals surface area contributed by atoms with Crippen LogP contribution in [0.2, 0.25) is 0 Å². The number of halogens is 2. The second kappa shape index (κ2) is 11.5. The highest BCUT2D eigenvalue weighted by molar-refractivity contribution is 6.16. The zero-order valence-corrected chi connectivity index (χ0v) is 22.6. The lowest BCUT2D eigenvalue weighted by molar-refractivity contribution is -0.131. The minimum Gasteiger partial charge on any atom is -0.457 e. The van der Waals surface area contributed by atoms with Gasteiger partial charge in [-0.1, -0.05) is 0 Å². The maximum Gasteiger partial charge on any atom is 0.323 e. The number of hydrogen-bond donors (Lipinski definition) is 3. The third kappa shape index (κ3) is 6.60. The predicted octanol–water partition coefficient (Wildman–Crippen LogP) is 4.53. The van der Waals surface area contributed by atoms with Gasteiger partial charge in [-0.2, -0.15) is 0 Å². The molecule has 10 nitrogen and oxygen atoms in total. The summed E-state index contributed by atoms with van der Waals surface area (Å²) in [7, 11) is 3.99. The van der Waals surface area contributed by atoms with Crippen LogP contribution in [0.3, 0.4) is 0 Å². The van der Waals surface area contributed by atoms with E-state index in [9.17, 15) is 23.2 Å². The summed E-state index contributed by atoms with van der Waals surface area (Å²) in [6.07, 6.45) is 2.08. The molecule has 0 atom stereocenters. The standard InChI is InChI=1S/C29H30F2N6O4/c1-36(2)15-18-16-37(17-18)28(40)35-25-14-22(9-12-32-25)41-21-7-8-24(23(31)13-21)34-27(39)29(10-11-29)26(38)33-20-5-3-19(30)4-6-20/h3-9,12-14,18H,10-11,15-17H2,1-2H3,(H,33,38)(H,34,39)(H,32,35,40). The molecule has 1 aliphatic heterocycles. The maximum atomic E-state index is 14.9. The molecule has 1 saturated heterocycles. The van der Waals surface area contributed by atoms with Gasteiger partial charge in [-0.3, -0.25) is 14.9 Å². The number of amides is 4. The second-order valence-corrected chi connectivity index (χ2v) is 10.6. The summed E-state index contributed by atoms with van der Waals surface area (Å²) in [6.45, 7) is 2.25. The number of carbonyl (C=O) groups is 3. The van der Waals surface area contributed by atoms with Crippen molar-refractivity contribution in [3.05, 3.63) is 72.4 Å². The van der Waals surface area contributed by atoms with Crippen LogP contribution < -0.4 is 20.7 Å². The molecule has 5 rings (SSSR count). The smallest absolute Gasteiger partial charge is 0.323 e. The molecule has 0 spiro atoms. The van der Waals surface area contributed by atoms with Gasteiger partial charge in [0.25, 0.3) is 0 Å². The Morgan fingerprint density at radius 3 is 2.29 bits per heavy atom. The molecule has 3 aromatic rings. The van der Waals surface area contributed by atoms with Gasteiger partial charge < -0.3 is 25.2 Å². The highest BCUT2D eigenvalue weighted by Crippen LogP contribution is 2.47. The van der Waals surface area contributed by atoms with Crippen LogP contribution in [0.5, 0.6) is 11.5 Å². The third-order valence-electron chi connectivity index (χ3n) is 6.98. The van der Waals surface area contributed by atoms with Crippen molar-refractivity contribution in [1.82, 2.24) is 14.8 Å². The number of ether oxygens (including phenoxy) is 1. The number of urea groups is 1. The molecule has 3 N–H and O–H groups in total. The van der Waals surface area contributed by atoms with E-state index in [4.69, 9.17) is 4.74 Å². The van der Waals surface area contributed by atoms with Crippen LogP contribution in [-0.4, -0.2) is 66.4 Å². The van der Waals surface area contributed by atoms with E-state index in [-0.39, 0.29) is 17.5 Å². The molecule has 1 aromatic heterocycles. The van der Waals surface area contributed by atoms with E-state index in [1.54, 1.807) is 11.0 Å². The van der Waals surface area contributed by atoms with Crippen molar-refractivity contribution in [3.63, 3.8) is 0 Å². The Labute approximate surface area is 235 Å². The molecule has 1 aliphatic carbocycles. The summed E-state index contributed by atoms with van der Waals surface area (Å²) in [5.41, 5.74) is -1.07. The lowest BCUT2D eigenvalue weighted by Crippen LogP contribution is -2.54. The first kappa shape index (κ1) is 28.0. The van der Waals surface area contributed by atoms with Gasteiger partial charge >= 0.3 is 6.03 Å². The SMILES string of the molecule is CN(C)CC1CN(C(=O)Nc2cc(Oc3ccc(NC(=O)C4(C(=O)Nc5ccc(F)cc5)CC4)c(F)c3)ccn2)C1. The summed E-state index contributed by atoms with van der Waals surface area (Å²) >= 11 is 0. The Balaban J connectivity index is 1.16. The van der Waals surface area contributed by atoms with E-state index in [0.717, 1.165) is 12.6 Å². The number of anilines is 3. The fraction of sp³-hybridized carbons (Fsp3) is 0.310. The van der Waals surface area contributed by atoms with E-state index >= 15 is 0 Å². The fourth-order valence-electron chi connectivity index (χ4n) is 4.60. The normalized spacial score (nSPS) is 15.6. The number of hydrogen-bond acceptors (Lipinski definition) is 6. The van der Waals surface area contributed by atoms with Crippen molar-refractivity contribution in [1.29, 1.82) is 0 Å². The number of aromatic nitrogens is 1. The van der Waals surface area contributed by atoms with Gasteiger partial charge in [-0.05, 0) is 69.4 Å². The van der Waals surface area contributed by atoms with Gasteiger partial charge in [0, 0.05) is 49.6 Å². The average Bonchev–Trinajstić information content (AvgIpc) is 3.71. The van der Waals surface area contributed by atoms with Crippen LogP contribution in [0.25, 0.3) is 0 Å². The number of pyridine rings is 1. The van der Waals surface area contributed by atoms with E-state index < -0.39 is 28.9 Å². The van der Waals surface area contributed by atoms with Crippen molar-refractivity contribution in [3.8, 4) is 11.5 Å². The highest BCUT2D eigenvalue weighted by atomic mass is 19.1. The van der Waals surface area contributed by atoms with Crippen LogP contribution >= 0.6 is 0 Å². The third-order valence-corrected chi connectivity index (χ3v) is 6.98. The quantitative estimate of drug-likeness (QED) is 0.329. The van der Waals surface area contributed by atoms with Crippen molar-refractivity contribution in [2.45, 2.75) is 12.8 Å². The second-order valence-electron chi connectivity index (χ2n) is 10.6. The molecule has 2 aromatic carbocycles. The average molecular weight is 565 g/mol. The van der Waals surface area contributed by atoms with E-state index in [1.165, 1.54) is 48.7 Å². The number of nitrogens with zero attached hydrogens (tertiary/aromatic N) is 3. The maximum absolute atomic E-state index is 14.9. The number of rotatable bonds is 9. The molecule has 1 saturated carbocycles. The van der Waals surface area contributed by atoms with Gasteiger partial charge in [0.2, 0.25) is 11.8 Å². The van der Waals surface area contributed by atoms with Crippen LogP contribution in [-0.2, 0) is 9.59 Å². The van der Waals surface area contributed by atoms with E-state index in [2.05, 4.69) is 25.8 Å². The van der Waals surface area contributed by atoms with Gasteiger partial charge in [0.15, 0.2) is 0 Å². The van der Waals surface area contributed by atoms with Gasteiger partial charge in [-0.25, -0.2) is 18.6 Å². The van der Waals surface area contributed by atoms with Gasteiger partial charge in [0.1, 0.15) is 34.4 Å². The largest absolute Gasteiger partial charge is 0.457 e. The number of likely N-dealkylation sites (tertiary alicyclic amines) is 1. The molecule has 2 heterocycles. The number of carbonyl (C=O) groups excluding carboxylic acids is 3. The molecule has 2 fully saturated rings. The summed E-state index contributed by atoms with van der Waals surface area (Å²) < 4.78 is 33.8. The predicted molar refractivity (Wildman–Crippen MR) is 149 cm³/mol. The first-order chi connectivity index (χ1) is 19.6. The first-order valence-corrected chi connectivity index (χ1v) is 13.1. The van der Waals surface area contributed by atoms with Crippen molar-refractivity contribution in [2.75, 3.05) is 49.7 Å². The Morgan fingerprint density at radius 1 is 0.951 bits per heavy atom. The van der Waals surface area contributed by atoms with Crippen LogP contribution in [0, 0.1) is 23.0 Å². The molecular formula is C29H30F2N6O4. The Bertz CT molecular complexity index is 1460. The molecule has 0 unspecified atom stereocenters. The topological polar surface area (TPSA) is 116 Å². The number of nitrogens with one attached hydrogen (secondary N) is 3. The highest BCUT2D eigenvalue weighted by Gasteiger charge is 2.56. The van der Waals surface area contributed by atoms with Gasteiger partial charge in [-0.15, -0.1) is 0 Å². The summed E-state index contributed by atoms with van der Waals surface area (Å²) in [5.74, 6) is -1.14. The van der Waals surface area contributed by atoms with Crippen LogP contribution in [0.4, 0.5) is 30.8 Å². The van der Waals surface area contributed by atoms with Crippen molar-refractivity contribution >= 4 is 35.0 Å².